The summed E-state index contributed by atoms with van der Waals surface area (Å²) in [5, 5.41) is 1.02. The molecular weight excluding hydrogens is 322 g/mol. The molecule has 1 fully saturated rings. The topological polar surface area (TPSA) is 41.7 Å². The third-order valence-corrected chi connectivity index (χ3v) is 5.76. The molecule has 0 aliphatic carbocycles. The van der Waals surface area contributed by atoms with Gasteiger partial charge in [0.25, 0.3) is 0 Å². The minimum atomic E-state index is -0.131. The average Bonchev–Trinajstić information content (AvgIpc) is 3.14. The van der Waals surface area contributed by atoms with Crippen molar-refractivity contribution < 1.29 is 14.6 Å². The van der Waals surface area contributed by atoms with Crippen molar-refractivity contribution in [3.05, 3.63) is 71.9 Å². The Labute approximate surface area is 154 Å². The number of H-pyrrole nitrogens is 1. The Kier molecular flexibility index (Phi) is 4.87. The Balaban J connectivity index is 1.70. The molecule has 2 aromatic carbocycles. The van der Waals surface area contributed by atoms with E-state index in [0.29, 0.717) is 0 Å². The van der Waals surface area contributed by atoms with E-state index < -0.39 is 0 Å². The maximum Gasteiger partial charge on any atom is 0.226 e. The largest absolute Gasteiger partial charge is 0.360 e. The number of benzene rings is 2. The number of carbonyl (C=O) groups is 1. The Morgan fingerprint density at radius 2 is 1.69 bits per heavy atom. The molecule has 0 unspecified atom stereocenters. The number of quaternary nitrogens is 2. The van der Waals surface area contributed by atoms with Crippen molar-refractivity contribution in [2.24, 2.45) is 0 Å². The highest BCUT2D eigenvalue weighted by Crippen LogP contribution is 2.23. The summed E-state index contributed by atoms with van der Waals surface area (Å²) >= 11 is 0. The highest BCUT2D eigenvalue weighted by atomic mass is 16.1. The van der Waals surface area contributed by atoms with Crippen LogP contribution in [0.15, 0.2) is 60.8 Å². The zero-order valence-corrected chi connectivity index (χ0v) is 15.3. The van der Waals surface area contributed by atoms with Crippen LogP contribution in [0.5, 0.6) is 0 Å². The van der Waals surface area contributed by atoms with E-state index in [9.17, 15) is 4.79 Å². The normalized spacial score (nSPS) is 21.6. The standard InChI is InChI=1S/C22H25N3O/c1-2-24-12-14-25(15-13-24)21(17-8-4-3-5-9-17)22(26)19-16-23-20-11-7-6-10-18(19)20/h3-11,16,21,23H,2,12-15H2,1H3/p+2/t21-/m1/s1. The van der Waals surface area contributed by atoms with E-state index in [4.69, 9.17) is 0 Å². The van der Waals surface area contributed by atoms with E-state index in [1.165, 1.54) is 11.4 Å². The SMILES string of the molecule is CC[NH+]1CC[NH+]([C@@H](C(=O)c2c[nH]c3ccccc23)c2ccccc2)CC1. The summed E-state index contributed by atoms with van der Waals surface area (Å²) in [6.45, 7) is 7.76. The number of fused-ring (bicyclic) bond motifs is 1. The Morgan fingerprint density at radius 1 is 1.00 bits per heavy atom. The van der Waals surface area contributed by atoms with Gasteiger partial charge in [0, 0.05) is 28.2 Å². The second kappa shape index (κ2) is 7.44. The molecule has 0 spiro atoms. The summed E-state index contributed by atoms with van der Waals surface area (Å²) < 4.78 is 0. The first-order valence-corrected chi connectivity index (χ1v) is 9.61. The predicted octanol–water partition coefficient (Wildman–Crippen LogP) is 0.895. The number of rotatable bonds is 5. The first-order valence-electron chi connectivity index (χ1n) is 9.61. The number of likely N-dealkylation sites (N-methyl/N-ethyl adjacent to an activating group) is 1. The summed E-state index contributed by atoms with van der Waals surface area (Å²) in [5.74, 6) is 0.226. The molecule has 4 heteroatoms. The molecule has 1 aliphatic heterocycles. The Hall–Kier alpha value is -2.43. The number of ketones is 1. The van der Waals surface area contributed by atoms with E-state index in [1.807, 2.05) is 48.7 Å². The van der Waals surface area contributed by atoms with Gasteiger partial charge in [0.05, 0.1) is 6.54 Å². The highest BCUT2D eigenvalue weighted by Gasteiger charge is 2.36. The fourth-order valence-electron chi connectivity index (χ4n) is 4.22. The van der Waals surface area contributed by atoms with Crippen LogP contribution in [0.2, 0.25) is 0 Å². The molecule has 2 heterocycles. The minimum Gasteiger partial charge on any atom is -0.360 e. The maximum atomic E-state index is 13.6. The van der Waals surface area contributed by atoms with Gasteiger partial charge in [0.2, 0.25) is 5.78 Å². The second-order valence-corrected chi connectivity index (χ2v) is 7.22. The molecule has 4 rings (SSSR count). The smallest absolute Gasteiger partial charge is 0.226 e. The quantitative estimate of drug-likeness (QED) is 0.589. The predicted molar refractivity (Wildman–Crippen MR) is 104 cm³/mol. The molecule has 0 bridgehead atoms. The van der Waals surface area contributed by atoms with Gasteiger partial charge in [0.1, 0.15) is 26.2 Å². The van der Waals surface area contributed by atoms with Gasteiger partial charge in [-0.25, -0.2) is 0 Å². The van der Waals surface area contributed by atoms with Crippen molar-refractivity contribution in [3.63, 3.8) is 0 Å². The molecule has 1 atom stereocenters. The number of para-hydroxylation sites is 1. The van der Waals surface area contributed by atoms with Crippen molar-refractivity contribution in [1.82, 2.24) is 4.98 Å². The van der Waals surface area contributed by atoms with Crippen LogP contribution in [0.25, 0.3) is 10.9 Å². The van der Waals surface area contributed by atoms with Crippen molar-refractivity contribution in [3.8, 4) is 0 Å². The van der Waals surface area contributed by atoms with Crippen LogP contribution in [0.1, 0.15) is 28.9 Å². The van der Waals surface area contributed by atoms with Crippen LogP contribution in [0, 0.1) is 0 Å². The number of hydrogen-bond donors (Lipinski definition) is 3. The zero-order valence-electron chi connectivity index (χ0n) is 15.3. The van der Waals surface area contributed by atoms with Gasteiger partial charge in [-0.05, 0) is 13.0 Å². The maximum absolute atomic E-state index is 13.6. The Morgan fingerprint density at radius 3 is 2.42 bits per heavy atom. The molecule has 0 radical (unpaired) electrons. The Bertz CT molecular complexity index is 879. The van der Waals surface area contributed by atoms with E-state index in [-0.39, 0.29) is 11.8 Å². The molecule has 26 heavy (non-hydrogen) atoms. The van der Waals surface area contributed by atoms with Gasteiger partial charge < -0.3 is 14.8 Å². The van der Waals surface area contributed by atoms with Gasteiger partial charge >= 0.3 is 0 Å². The van der Waals surface area contributed by atoms with Gasteiger partial charge in [-0.3, -0.25) is 4.79 Å². The van der Waals surface area contributed by atoms with E-state index in [2.05, 4.69) is 24.0 Å². The third kappa shape index (κ3) is 3.18. The zero-order chi connectivity index (χ0) is 17.9. The van der Waals surface area contributed by atoms with Crippen molar-refractivity contribution >= 4 is 16.7 Å². The number of piperazine rings is 1. The molecule has 1 aromatic heterocycles. The lowest BCUT2D eigenvalue weighted by molar-refractivity contribution is -1.02. The summed E-state index contributed by atoms with van der Waals surface area (Å²) in [5.41, 5.74) is 2.96. The molecule has 0 amide bonds. The van der Waals surface area contributed by atoms with Crippen LogP contribution in [-0.4, -0.2) is 43.5 Å². The first kappa shape index (κ1) is 17.0. The molecule has 3 N–H and O–H groups in total. The highest BCUT2D eigenvalue weighted by molar-refractivity contribution is 6.10. The molecule has 4 nitrogen and oxygen atoms in total. The molecule has 134 valence electrons. The van der Waals surface area contributed by atoms with Crippen LogP contribution >= 0.6 is 0 Å². The molecule has 1 saturated heterocycles. The number of hydrogen-bond acceptors (Lipinski definition) is 1. The molecule has 1 aliphatic rings. The van der Waals surface area contributed by atoms with Crippen LogP contribution in [0.3, 0.4) is 0 Å². The van der Waals surface area contributed by atoms with Crippen LogP contribution in [-0.2, 0) is 0 Å². The third-order valence-electron chi connectivity index (χ3n) is 5.76. The van der Waals surface area contributed by atoms with Crippen molar-refractivity contribution in [2.75, 3.05) is 32.7 Å². The summed E-state index contributed by atoms with van der Waals surface area (Å²) in [6.07, 6.45) is 1.88. The average molecular weight is 349 g/mol. The number of aromatic nitrogens is 1. The van der Waals surface area contributed by atoms with Gasteiger partial charge in [0.15, 0.2) is 6.04 Å². The lowest BCUT2D eigenvalue weighted by Crippen LogP contribution is -3.28. The van der Waals surface area contributed by atoms with Crippen molar-refractivity contribution in [1.29, 1.82) is 0 Å². The number of nitrogens with one attached hydrogen (secondary N) is 3. The lowest BCUT2D eigenvalue weighted by Gasteiger charge is -2.33. The summed E-state index contributed by atoms with van der Waals surface area (Å²) in [6, 6.07) is 18.2. The van der Waals surface area contributed by atoms with E-state index >= 15 is 0 Å². The van der Waals surface area contributed by atoms with Gasteiger partial charge in [-0.15, -0.1) is 0 Å². The fourth-order valence-corrected chi connectivity index (χ4v) is 4.22. The molecule has 0 saturated carbocycles. The van der Waals surface area contributed by atoms with E-state index in [1.54, 1.807) is 4.90 Å². The first-order chi connectivity index (χ1) is 12.8. The number of aromatic amines is 1. The van der Waals surface area contributed by atoms with Gasteiger partial charge in [-0.2, -0.15) is 0 Å². The van der Waals surface area contributed by atoms with Gasteiger partial charge in [-0.1, -0.05) is 48.5 Å². The summed E-state index contributed by atoms with van der Waals surface area (Å²) in [4.78, 5) is 19.9. The minimum absolute atomic E-state index is 0.131. The molecular formula is C22H27N3O+2. The monoisotopic (exact) mass is 349 g/mol. The van der Waals surface area contributed by atoms with E-state index in [0.717, 1.165) is 48.2 Å². The number of Topliss-reactive ketones (excluding diaryl/α,β-unsaturated/α-hetero) is 1. The molecule has 3 aromatic rings. The lowest BCUT2D eigenvalue weighted by atomic mass is 9.95. The second-order valence-electron chi connectivity index (χ2n) is 7.22. The van der Waals surface area contributed by atoms with Crippen LogP contribution < -0.4 is 9.80 Å². The van der Waals surface area contributed by atoms with Crippen LogP contribution in [0.4, 0.5) is 0 Å². The number of carbonyl (C=O) groups excluding carboxylic acids is 1. The van der Waals surface area contributed by atoms with Crippen molar-refractivity contribution in [2.45, 2.75) is 13.0 Å². The fraction of sp³-hybridized carbons (Fsp3) is 0.318. The summed E-state index contributed by atoms with van der Waals surface area (Å²) in [7, 11) is 0.